The zero-order valence-electron chi connectivity index (χ0n) is 10.0. The van der Waals surface area contributed by atoms with Gasteiger partial charge >= 0.3 is 0 Å². The third-order valence-corrected chi connectivity index (χ3v) is 2.76. The van der Waals surface area contributed by atoms with Crippen LogP contribution in [0.1, 0.15) is 46.0 Å². The van der Waals surface area contributed by atoms with E-state index in [4.69, 9.17) is 0 Å². The number of carbonyl (C=O) groups excluding carboxylic acids is 1. The van der Waals surface area contributed by atoms with Crippen molar-refractivity contribution in [1.82, 2.24) is 10.6 Å². The Morgan fingerprint density at radius 3 is 2.93 bits per heavy atom. The zero-order valence-corrected chi connectivity index (χ0v) is 10.0. The van der Waals surface area contributed by atoms with Crippen LogP contribution in [0.3, 0.4) is 0 Å². The number of carbonyl (C=O) groups is 1. The first kappa shape index (κ1) is 12.5. The van der Waals surface area contributed by atoms with Gasteiger partial charge in [-0.1, -0.05) is 26.7 Å². The molecule has 0 spiro atoms. The first-order valence-corrected chi connectivity index (χ1v) is 6.18. The van der Waals surface area contributed by atoms with E-state index in [1.54, 1.807) is 0 Å². The fraction of sp³-hybridized carbons (Fsp3) is 0.917. The molecule has 1 unspecified atom stereocenters. The minimum Gasteiger partial charge on any atom is -0.352 e. The summed E-state index contributed by atoms with van der Waals surface area (Å²) in [6.07, 6.45) is 5.57. The average molecular weight is 212 g/mol. The molecule has 0 radical (unpaired) electrons. The Balaban J connectivity index is 2.25. The van der Waals surface area contributed by atoms with Crippen molar-refractivity contribution in [2.24, 2.45) is 5.92 Å². The van der Waals surface area contributed by atoms with Crippen molar-refractivity contribution in [2.45, 2.75) is 52.0 Å². The molecule has 1 heterocycles. The topological polar surface area (TPSA) is 41.1 Å². The van der Waals surface area contributed by atoms with E-state index in [2.05, 4.69) is 24.5 Å². The smallest absolute Gasteiger partial charge is 0.220 e. The van der Waals surface area contributed by atoms with E-state index in [0.717, 1.165) is 19.5 Å². The second kappa shape index (κ2) is 6.83. The van der Waals surface area contributed by atoms with Crippen LogP contribution in [0, 0.1) is 5.92 Å². The summed E-state index contributed by atoms with van der Waals surface area (Å²) in [4.78, 5) is 11.6. The Morgan fingerprint density at radius 1 is 1.40 bits per heavy atom. The van der Waals surface area contributed by atoms with Gasteiger partial charge in [-0.05, 0) is 25.3 Å². The summed E-state index contributed by atoms with van der Waals surface area (Å²) in [6, 6.07) is 0.344. The first-order valence-electron chi connectivity index (χ1n) is 6.18. The van der Waals surface area contributed by atoms with Crippen molar-refractivity contribution >= 4 is 5.91 Å². The quantitative estimate of drug-likeness (QED) is 0.747. The molecule has 0 aliphatic carbocycles. The van der Waals surface area contributed by atoms with E-state index in [0.29, 0.717) is 18.4 Å². The Bertz CT molecular complexity index is 184. The van der Waals surface area contributed by atoms with Crippen molar-refractivity contribution in [2.75, 3.05) is 13.1 Å². The van der Waals surface area contributed by atoms with Crippen LogP contribution in [-0.2, 0) is 4.79 Å². The van der Waals surface area contributed by atoms with Gasteiger partial charge in [0.25, 0.3) is 0 Å². The first-order chi connectivity index (χ1) is 7.18. The summed E-state index contributed by atoms with van der Waals surface area (Å²) in [7, 11) is 0. The van der Waals surface area contributed by atoms with Crippen LogP contribution in [0.15, 0.2) is 0 Å². The molecular weight excluding hydrogens is 188 g/mol. The minimum absolute atomic E-state index is 0.206. The summed E-state index contributed by atoms with van der Waals surface area (Å²) < 4.78 is 0. The molecule has 1 aliphatic rings. The lowest BCUT2D eigenvalue weighted by Crippen LogP contribution is -2.43. The molecule has 2 N–H and O–H groups in total. The van der Waals surface area contributed by atoms with Gasteiger partial charge in [-0.3, -0.25) is 4.79 Å². The molecule has 0 bridgehead atoms. The predicted octanol–water partition coefficient (Wildman–Crippen LogP) is 1.68. The van der Waals surface area contributed by atoms with Crippen LogP contribution in [0.5, 0.6) is 0 Å². The second-order valence-corrected chi connectivity index (χ2v) is 4.92. The number of hydrogen-bond acceptors (Lipinski definition) is 2. The van der Waals surface area contributed by atoms with Crippen LogP contribution in [0.4, 0.5) is 0 Å². The summed E-state index contributed by atoms with van der Waals surface area (Å²) >= 11 is 0. The maximum atomic E-state index is 11.6. The van der Waals surface area contributed by atoms with Gasteiger partial charge < -0.3 is 10.6 Å². The van der Waals surface area contributed by atoms with E-state index < -0.39 is 0 Å². The number of nitrogens with one attached hydrogen (secondary N) is 2. The van der Waals surface area contributed by atoms with Crippen LogP contribution in [0.2, 0.25) is 0 Å². The summed E-state index contributed by atoms with van der Waals surface area (Å²) in [5.41, 5.74) is 0. The highest BCUT2D eigenvalue weighted by Crippen LogP contribution is 2.07. The van der Waals surface area contributed by atoms with E-state index in [1.165, 1.54) is 19.3 Å². The van der Waals surface area contributed by atoms with E-state index in [1.807, 2.05) is 0 Å². The highest BCUT2D eigenvalue weighted by molar-refractivity contribution is 5.76. The molecule has 88 valence electrons. The third-order valence-electron chi connectivity index (χ3n) is 2.76. The fourth-order valence-electron chi connectivity index (χ4n) is 1.98. The molecule has 3 nitrogen and oxygen atoms in total. The molecule has 1 fully saturated rings. The molecule has 1 saturated heterocycles. The molecule has 1 rings (SSSR count). The Morgan fingerprint density at radius 2 is 2.20 bits per heavy atom. The average Bonchev–Trinajstić information content (AvgIpc) is 2.08. The van der Waals surface area contributed by atoms with Gasteiger partial charge in [0.1, 0.15) is 0 Å². The number of amides is 1. The second-order valence-electron chi connectivity index (χ2n) is 4.92. The van der Waals surface area contributed by atoms with Gasteiger partial charge in [0.2, 0.25) is 5.91 Å². The lowest BCUT2D eigenvalue weighted by atomic mass is 10.0. The maximum absolute atomic E-state index is 11.6. The molecular formula is C12H24N2O. The SMILES string of the molecule is CC(C)CC(=O)NC1CCCCCNC1. The van der Waals surface area contributed by atoms with Gasteiger partial charge in [-0.15, -0.1) is 0 Å². The molecule has 0 aromatic rings. The van der Waals surface area contributed by atoms with E-state index in [-0.39, 0.29) is 5.91 Å². The largest absolute Gasteiger partial charge is 0.352 e. The summed E-state index contributed by atoms with van der Waals surface area (Å²) in [5.74, 6) is 0.656. The highest BCUT2D eigenvalue weighted by atomic mass is 16.1. The Labute approximate surface area is 93.0 Å². The normalized spacial score (nSPS) is 23.3. The monoisotopic (exact) mass is 212 g/mol. The number of rotatable bonds is 3. The van der Waals surface area contributed by atoms with Crippen molar-refractivity contribution < 1.29 is 4.79 Å². The van der Waals surface area contributed by atoms with Gasteiger partial charge in [0.15, 0.2) is 0 Å². The molecule has 1 atom stereocenters. The van der Waals surface area contributed by atoms with Gasteiger partial charge in [-0.2, -0.15) is 0 Å². The molecule has 0 aromatic heterocycles. The number of hydrogen-bond donors (Lipinski definition) is 2. The summed E-state index contributed by atoms with van der Waals surface area (Å²) in [5, 5.41) is 6.50. The molecule has 15 heavy (non-hydrogen) atoms. The molecule has 0 aromatic carbocycles. The zero-order chi connectivity index (χ0) is 11.1. The van der Waals surface area contributed by atoms with Gasteiger partial charge in [-0.25, -0.2) is 0 Å². The van der Waals surface area contributed by atoms with E-state index >= 15 is 0 Å². The van der Waals surface area contributed by atoms with Crippen LogP contribution in [0.25, 0.3) is 0 Å². The van der Waals surface area contributed by atoms with Crippen LogP contribution in [-0.4, -0.2) is 25.0 Å². The standard InChI is InChI=1S/C12H24N2O/c1-10(2)8-12(15)14-11-6-4-3-5-7-13-9-11/h10-11,13H,3-9H2,1-2H3,(H,14,15). The molecule has 0 saturated carbocycles. The summed E-state index contributed by atoms with van der Waals surface area (Å²) in [6.45, 7) is 6.19. The Kier molecular flexibility index (Phi) is 5.69. The minimum atomic E-state index is 0.206. The van der Waals surface area contributed by atoms with Crippen LogP contribution < -0.4 is 10.6 Å². The van der Waals surface area contributed by atoms with Gasteiger partial charge in [0, 0.05) is 19.0 Å². The van der Waals surface area contributed by atoms with Crippen molar-refractivity contribution in [3.8, 4) is 0 Å². The van der Waals surface area contributed by atoms with Gasteiger partial charge in [0.05, 0.1) is 0 Å². The fourth-order valence-corrected chi connectivity index (χ4v) is 1.98. The van der Waals surface area contributed by atoms with E-state index in [9.17, 15) is 4.79 Å². The maximum Gasteiger partial charge on any atom is 0.220 e. The van der Waals surface area contributed by atoms with Crippen molar-refractivity contribution in [1.29, 1.82) is 0 Å². The Hall–Kier alpha value is -0.570. The molecule has 3 heteroatoms. The lowest BCUT2D eigenvalue weighted by Gasteiger charge is -2.22. The van der Waals surface area contributed by atoms with Crippen molar-refractivity contribution in [3.63, 3.8) is 0 Å². The molecule has 1 aliphatic heterocycles. The molecule has 1 amide bonds. The third kappa shape index (κ3) is 5.78. The lowest BCUT2D eigenvalue weighted by molar-refractivity contribution is -0.122. The predicted molar refractivity (Wildman–Crippen MR) is 62.7 cm³/mol. The van der Waals surface area contributed by atoms with Crippen molar-refractivity contribution in [3.05, 3.63) is 0 Å². The highest BCUT2D eigenvalue weighted by Gasteiger charge is 2.13. The van der Waals surface area contributed by atoms with Crippen LogP contribution >= 0.6 is 0 Å².